The fraction of sp³-hybridized carbons (Fsp3) is 0.556. The van der Waals surface area contributed by atoms with Crippen LogP contribution in [0.2, 0.25) is 0 Å². The van der Waals surface area contributed by atoms with Crippen LogP contribution < -0.4 is 0 Å². The summed E-state index contributed by atoms with van der Waals surface area (Å²) in [4.78, 5) is 24.7. The maximum atomic E-state index is 12.4. The molecule has 0 aromatic carbocycles. The minimum absolute atomic E-state index is 0.0445. The molecule has 1 aliphatic rings. The standard InChI is InChI=1S/C18H24Cl2O4/c1-4-23-17(22)18(10-6-5-7-11-18)24-16(21)12-15(14(3)20)9-8-13(2)19/h8-9H,2,4-7,10-12H2,1,3H3/b9-8-,15-14-. The van der Waals surface area contributed by atoms with Gasteiger partial charge >= 0.3 is 11.9 Å². The molecule has 0 aliphatic heterocycles. The Morgan fingerprint density at radius 3 is 2.29 bits per heavy atom. The maximum Gasteiger partial charge on any atom is 0.350 e. The van der Waals surface area contributed by atoms with Gasteiger partial charge in [0, 0.05) is 10.1 Å². The first-order valence-corrected chi connectivity index (χ1v) is 8.83. The third-order valence-electron chi connectivity index (χ3n) is 3.86. The van der Waals surface area contributed by atoms with E-state index >= 15 is 0 Å². The van der Waals surface area contributed by atoms with E-state index in [1.165, 1.54) is 0 Å². The highest BCUT2D eigenvalue weighted by atomic mass is 35.5. The number of halogens is 2. The summed E-state index contributed by atoms with van der Waals surface area (Å²) in [6.07, 6.45) is 6.79. The highest BCUT2D eigenvalue weighted by Gasteiger charge is 2.44. The zero-order chi connectivity index (χ0) is 18.2. The van der Waals surface area contributed by atoms with Gasteiger partial charge in [0.25, 0.3) is 0 Å². The molecule has 0 amide bonds. The zero-order valence-corrected chi connectivity index (χ0v) is 15.7. The van der Waals surface area contributed by atoms with E-state index < -0.39 is 17.5 Å². The van der Waals surface area contributed by atoms with Crippen molar-refractivity contribution in [1.82, 2.24) is 0 Å². The summed E-state index contributed by atoms with van der Waals surface area (Å²) >= 11 is 11.7. The van der Waals surface area contributed by atoms with Gasteiger partial charge in [0.15, 0.2) is 0 Å². The van der Waals surface area contributed by atoms with Gasteiger partial charge in [0.2, 0.25) is 5.60 Å². The Kier molecular flexibility index (Phi) is 8.57. The second kappa shape index (κ2) is 9.90. The molecule has 0 unspecified atom stereocenters. The number of hydrogen-bond acceptors (Lipinski definition) is 4. The van der Waals surface area contributed by atoms with Crippen LogP contribution in [0.3, 0.4) is 0 Å². The minimum atomic E-state index is -1.17. The minimum Gasteiger partial charge on any atom is -0.463 e. The smallest absolute Gasteiger partial charge is 0.350 e. The van der Waals surface area contributed by atoms with Gasteiger partial charge in [0.05, 0.1) is 13.0 Å². The third kappa shape index (κ3) is 6.33. The maximum absolute atomic E-state index is 12.4. The van der Waals surface area contributed by atoms with Gasteiger partial charge in [-0.25, -0.2) is 4.79 Å². The highest BCUT2D eigenvalue weighted by molar-refractivity contribution is 6.31. The van der Waals surface area contributed by atoms with E-state index in [9.17, 15) is 9.59 Å². The number of rotatable bonds is 7. The Labute approximate surface area is 153 Å². The molecule has 24 heavy (non-hydrogen) atoms. The Morgan fingerprint density at radius 2 is 1.79 bits per heavy atom. The number of carbonyl (C=O) groups excluding carboxylic acids is 2. The van der Waals surface area contributed by atoms with Crippen molar-refractivity contribution < 1.29 is 19.1 Å². The first-order chi connectivity index (χ1) is 11.3. The third-order valence-corrected chi connectivity index (χ3v) is 4.23. The van der Waals surface area contributed by atoms with Crippen LogP contribution in [0.4, 0.5) is 0 Å². The molecule has 0 aromatic heterocycles. The molecule has 1 saturated carbocycles. The molecular weight excluding hydrogens is 351 g/mol. The Bertz CT molecular complexity index is 539. The molecule has 4 nitrogen and oxygen atoms in total. The highest BCUT2D eigenvalue weighted by Crippen LogP contribution is 2.34. The number of hydrogen-bond donors (Lipinski definition) is 0. The summed E-state index contributed by atoms with van der Waals surface area (Å²) in [5, 5.41) is 0.781. The van der Waals surface area contributed by atoms with Crippen molar-refractivity contribution in [2.45, 2.75) is 58.0 Å². The molecule has 0 N–H and O–H groups in total. The summed E-state index contributed by atoms with van der Waals surface area (Å²) in [5.74, 6) is -0.972. The molecule has 0 heterocycles. The lowest BCUT2D eigenvalue weighted by Gasteiger charge is -2.34. The molecule has 1 rings (SSSR count). The summed E-state index contributed by atoms with van der Waals surface area (Å²) in [7, 11) is 0. The van der Waals surface area contributed by atoms with Crippen molar-refractivity contribution in [3.63, 3.8) is 0 Å². The average molecular weight is 375 g/mol. The Hall–Kier alpha value is -1.26. The van der Waals surface area contributed by atoms with Crippen LogP contribution in [0.15, 0.2) is 34.4 Å². The van der Waals surface area contributed by atoms with Crippen molar-refractivity contribution in [2.75, 3.05) is 6.61 Å². The van der Waals surface area contributed by atoms with Crippen LogP contribution in [0.25, 0.3) is 0 Å². The Morgan fingerprint density at radius 1 is 1.17 bits per heavy atom. The molecule has 0 bridgehead atoms. The van der Waals surface area contributed by atoms with Gasteiger partial charge in [-0.05, 0) is 51.2 Å². The van der Waals surface area contributed by atoms with Crippen LogP contribution >= 0.6 is 23.2 Å². The summed E-state index contributed by atoms with van der Waals surface area (Å²) in [6.45, 7) is 7.21. The Balaban J connectivity index is 2.86. The summed E-state index contributed by atoms with van der Waals surface area (Å²) in [6, 6.07) is 0. The largest absolute Gasteiger partial charge is 0.463 e. The first kappa shape index (κ1) is 20.8. The average Bonchev–Trinajstić information content (AvgIpc) is 2.52. The van der Waals surface area contributed by atoms with Gasteiger partial charge in [-0.1, -0.05) is 42.3 Å². The quantitative estimate of drug-likeness (QED) is 0.464. The molecule has 6 heteroatoms. The topological polar surface area (TPSA) is 52.6 Å². The fourth-order valence-corrected chi connectivity index (χ4v) is 2.82. The predicted octanol–water partition coefficient (Wildman–Crippen LogP) is 5.01. The number of allylic oxidation sites excluding steroid dienone is 4. The van der Waals surface area contributed by atoms with Gasteiger partial charge in [0.1, 0.15) is 0 Å². The molecule has 0 aromatic rings. The van der Waals surface area contributed by atoms with Crippen molar-refractivity contribution in [3.8, 4) is 0 Å². The summed E-state index contributed by atoms with van der Waals surface area (Å²) < 4.78 is 10.7. The molecule has 0 spiro atoms. The normalized spacial score (nSPS) is 18.0. The van der Waals surface area contributed by atoms with E-state index in [0.717, 1.165) is 19.3 Å². The SMILES string of the molecule is C=C(Cl)/C=C\C(CC(=O)OC1(C(=O)OCC)CCCCC1)=C(/C)Cl. The van der Waals surface area contributed by atoms with Crippen LogP contribution in [0, 0.1) is 0 Å². The molecule has 1 aliphatic carbocycles. The van der Waals surface area contributed by atoms with Gasteiger partial charge in [-0.2, -0.15) is 0 Å². The van der Waals surface area contributed by atoms with Crippen LogP contribution in [0.1, 0.15) is 52.4 Å². The number of carbonyl (C=O) groups is 2. The van der Waals surface area contributed by atoms with E-state index in [-0.39, 0.29) is 13.0 Å². The van der Waals surface area contributed by atoms with Crippen LogP contribution in [-0.4, -0.2) is 24.1 Å². The number of ether oxygens (including phenoxy) is 2. The van der Waals surface area contributed by atoms with Crippen molar-refractivity contribution in [3.05, 3.63) is 34.4 Å². The first-order valence-electron chi connectivity index (χ1n) is 8.07. The van der Waals surface area contributed by atoms with Crippen LogP contribution in [-0.2, 0) is 19.1 Å². The van der Waals surface area contributed by atoms with Gasteiger partial charge < -0.3 is 9.47 Å². The molecule has 134 valence electrons. The van der Waals surface area contributed by atoms with Crippen molar-refractivity contribution in [1.29, 1.82) is 0 Å². The lowest BCUT2D eigenvalue weighted by atomic mass is 9.84. The van der Waals surface area contributed by atoms with E-state index in [1.807, 2.05) is 0 Å². The zero-order valence-electron chi connectivity index (χ0n) is 14.2. The second-order valence-corrected chi connectivity index (χ2v) is 6.82. The lowest BCUT2D eigenvalue weighted by molar-refractivity contribution is -0.186. The lowest BCUT2D eigenvalue weighted by Crippen LogP contribution is -2.46. The van der Waals surface area contributed by atoms with E-state index in [1.54, 1.807) is 26.0 Å². The predicted molar refractivity (Wildman–Crippen MR) is 95.8 cm³/mol. The van der Waals surface area contributed by atoms with Gasteiger partial charge in [-0.3, -0.25) is 4.79 Å². The van der Waals surface area contributed by atoms with Crippen molar-refractivity contribution in [2.24, 2.45) is 0 Å². The number of esters is 2. The van der Waals surface area contributed by atoms with E-state index in [0.29, 0.717) is 28.5 Å². The fourth-order valence-electron chi connectivity index (χ4n) is 2.63. The van der Waals surface area contributed by atoms with Crippen molar-refractivity contribution >= 4 is 35.1 Å². The molecule has 0 radical (unpaired) electrons. The molecule has 0 atom stereocenters. The van der Waals surface area contributed by atoms with E-state index in [4.69, 9.17) is 32.7 Å². The monoisotopic (exact) mass is 374 g/mol. The molecule has 1 fully saturated rings. The second-order valence-electron chi connectivity index (χ2n) is 5.77. The van der Waals surface area contributed by atoms with Gasteiger partial charge in [-0.15, -0.1) is 0 Å². The molecule has 0 saturated heterocycles. The summed E-state index contributed by atoms with van der Waals surface area (Å²) in [5.41, 5.74) is -0.602. The molecular formula is C18H24Cl2O4. The van der Waals surface area contributed by atoms with Crippen LogP contribution in [0.5, 0.6) is 0 Å². The van der Waals surface area contributed by atoms with E-state index in [2.05, 4.69) is 6.58 Å².